The van der Waals surface area contributed by atoms with E-state index in [0.717, 1.165) is 27.7 Å². The van der Waals surface area contributed by atoms with E-state index in [4.69, 9.17) is 9.47 Å². The highest BCUT2D eigenvalue weighted by Crippen LogP contribution is 2.28. The summed E-state index contributed by atoms with van der Waals surface area (Å²) in [6.07, 6.45) is 2.10. The van der Waals surface area contributed by atoms with Crippen molar-refractivity contribution in [2.24, 2.45) is 0 Å². The van der Waals surface area contributed by atoms with E-state index in [9.17, 15) is 4.79 Å². The van der Waals surface area contributed by atoms with Crippen LogP contribution in [-0.4, -0.2) is 19.6 Å². The van der Waals surface area contributed by atoms with Gasteiger partial charge in [0.1, 0.15) is 0 Å². The third kappa shape index (κ3) is 5.40. The van der Waals surface area contributed by atoms with Crippen LogP contribution in [0.4, 0.5) is 0 Å². The van der Waals surface area contributed by atoms with Gasteiger partial charge in [-0.1, -0.05) is 25.5 Å². The van der Waals surface area contributed by atoms with Crippen LogP contribution in [0.2, 0.25) is 0 Å². The molecule has 2 aromatic rings. The van der Waals surface area contributed by atoms with Crippen molar-refractivity contribution >= 4 is 28.5 Å². The van der Waals surface area contributed by atoms with Crippen molar-refractivity contribution < 1.29 is 14.3 Å². The van der Waals surface area contributed by atoms with Gasteiger partial charge in [-0.05, 0) is 64.9 Å². The topological polar surface area (TPSA) is 47.6 Å². The Bertz CT molecular complexity index is 688. The Kier molecular flexibility index (Phi) is 7.36. The van der Waals surface area contributed by atoms with E-state index in [1.54, 1.807) is 7.11 Å². The second-order valence-electron chi connectivity index (χ2n) is 5.38. The van der Waals surface area contributed by atoms with Crippen LogP contribution in [-0.2, 0) is 6.54 Å². The molecule has 0 heterocycles. The highest BCUT2D eigenvalue weighted by Gasteiger charge is 2.08. The van der Waals surface area contributed by atoms with E-state index in [2.05, 4.69) is 34.8 Å². The second kappa shape index (κ2) is 9.52. The molecule has 0 atom stereocenters. The SMILES string of the molecule is CCCCOc1ccc(CNC(=O)c2cccc(I)c2)cc1OC. The maximum Gasteiger partial charge on any atom is 0.251 e. The van der Waals surface area contributed by atoms with Crippen LogP contribution < -0.4 is 14.8 Å². The average molecular weight is 439 g/mol. The van der Waals surface area contributed by atoms with Crippen molar-refractivity contribution in [1.29, 1.82) is 0 Å². The molecule has 0 aliphatic carbocycles. The number of ether oxygens (including phenoxy) is 2. The average Bonchev–Trinajstić information content (AvgIpc) is 2.60. The van der Waals surface area contributed by atoms with Gasteiger partial charge in [0.05, 0.1) is 13.7 Å². The number of unbranched alkanes of at least 4 members (excludes halogenated alkanes) is 1. The van der Waals surface area contributed by atoms with Crippen molar-refractivity contribution in [3.05, 3.63) is 57.2 Å². The van der Waals surface area contributed by atoms with Crippen LogP contribution in [0.5, 0.6) is 11.5 Å². The lowest BCUT2D eigenvalue weighted by molar-refractivity contribution is 0.0951. The van der Waals surface area contributed by atoms with E-state index in [-0.39, 0.29) is 5.91 Å². The molecular weight excluding hydrogens is 417 g/mol. The molecule has 4 nitrogen and oxygen atoms in total. The number of benzene rings is 2. The number of hydrogen-bond donors (Lipinski definition) is 1. The van der Waals surface area contributed by atoms with E-state index >= 15 is 0 Å². The lowest BCUT2D eigenvalue weighted by atomic mass is 10.1. The van der Waals surface area contributed by atoms with Crippen molar-refractivity contribution in [2.75, 3.05) is 13.7 Å². The summed E-state index contributed by atoms with van der Waals surface area (Å²) in [5, 5.41) is 2.93. The van der Waals surface area contributed by atoms with E-state index < -0.39 is 0 Å². The Morgan fingerprint density at radius 2 is 2.00 bits per heavy atom. The molecule has 24 heavy (non-hydrogen) atoms. The van der Waals surface area contributed by atoms with Gasteiger partial charge in [0, 0.05) is 15.7 Å². The summed E-state index contributed by atoms with van der Waals surface area (Å²) in [4.78, 5) is 12.2. The van der Waals surface area contributed by atoms with Crippen molar-refractivity contribution in [1.82, 2.24) is 5.32 Å². The molecule has 2 aromatic carbocycles. The molecule has 0 unspecified atom stereocenters. The predicted octanol–water partition coefficient (Wildman–Crippen LogP) is 4.41. The van der Waals surface area contributed by atoms with Gasteiger partial charge in [0.15, 0.2) is 11.5 Å². The fraction of sp³-hybridized carbons (Fsp3) is 0.316. The largest absolute Gasteiger partial charge is 0.493 e. The summed E-state index contributed by atoms with van der Waals surface area (Å²) >= 11 is 2.19. The first-order valence-corrected chi connectivity index (χ1v) is 9.05. The number of amides is 1. The molecule has 0 saturated carbocycles. The smallest absolute Gasteiger partial charge is 0.251 e. The van der Waals surface area contributed by atoms with Crippen LogP contribution in [0.1, 0.15) is 35.7 Å². The molecule has 5 heteroatoms. The molecule has 0 aliphatic heterocycles. The van der Waals surface area contributed by atoms with E-state index in [1.165, 1.54) is 0 Å². The predicted molar refractivity (Wildman–Crippen MR) is 104 cm³/mol. The van der Waals surface area contributed by atoms with Crippen molar-refractivity contribution in [3.8, 4) is 11.5 Å². The molecule has 1 amide bonds. The zero-order chi connectivity index (χ0) is 17.4. The van der Waals surface area contributed by atoms with E-state index in [0.29, 0.717) is 24.5 Å². The Morgan fingerprint density at radius 3 is 2.71 bits per heavy atom. The lowest BCUT2D eigenvalue weighted by Crippen LogP contribution is -2.22. The minimum Gasteiger partial charge on any atom is -0.493 e. The Balaban J connectivity index is 1.98. The van der Waals surface area contributed by atoms with Crippen LogP contribution >= 0.6 is 22.6 Å². The molecule has 1 N–H and O–H groups in total. The quantitative estimate of drug-likeness (QED) is 0.490. The molecule has 2 rings (SSSR count). The Morgan fingerprint density at radius 1 is 1.17 bits per heavy atom. The number of methoxy groups -OCH3 is 1. The number of carbonyl (C=O) groups is 1. The third-order valence-corrected chi connectivity index (χ3v) is 4.19. The number of carbonyl (C=O) groups excluding carboxylic acids is 1. The van der Waals surface area contributed by atoms with Gasteiger partial charge in [-0.3, -0.25) is 4.79 Å². The molecule has 0 spiro atoms. The minimum atomic E-state index is -0.0873. The molecule has 0 fully saturated rings. The maximum absolute atomic E-state index is 12.2. The maximum atomic E-state index is 12.2. The van der Waals surface area contributed by atoms with Crippen molar-refractivity contribution in [2.45, 2.75) is 26.3 Å². The zero-order valence-corrected chi connectivity index (χ0v) is 16.1. The molecule has 0 bridgehead atoms. The van der Waals surface area contributed by atoms with E-state index in [1.807, 2.05) is 42.5 Å². The van der Waals surface area contributed by atoms with Gasteiger partial charge in [-0.15, -0.1) is 0 Å². The van der Waals surface area contributed by atoms with Gasteiger partial charge in [0.25, 0.3) is 5.91 Å². The van der Waals surface area contributed by atoms with Crippen LogP contribution in [0, 0.1) is 3.57 Å². The summed E-state index contributed by atoms with van der Waals surface area (Å²) in [6.45, 7) is 3.24. The van der Waals surface area contributed by atoms with Gasteiger partial charge in [-0.25, -0.2) is 0 Å². The first kappa shape index (κ1) is 18.6. The van der Waals surface area contributed by atoms with Crippen LogP contribution in [0.3, 0.4) is 0 Å². The monoisotopic (exact) mass is 439 g/mol. The zero-order valence-electron chi connectivity index (χ0n) is 14.0. The summed E-state index contributed by atoms with van der Waals surface area (Å²) < 4.78 is 12.1. The van der Waals surface area contributed by atoms with Crippen LogP contribution in [0.15, 0.2) is 42.5 Å². The van der Waals surface area contributed by atoms with Crippen molar-refractivity contribution in [3.63, 3.8) is 0 Å². The fourth-order valence-electron chi connectivity index (χ4n) is 2.18. The highest BCUT2D eigenvalue weighted by molar-refractivity contribution is 14.1. The molecule has 0 aromatic heterocycles. The van der Waals surface area contributed by atoms with Crippen LogP contribution in [0.25, 0.3) is 0 Å². The third-order valence-electron chi connectivity index (χ3n) is 3.52. The molecule has 0 saturated heterocycles. The highest BCUT2D eigenvalue weighted by atomic mass is 127. The Labute approximate surface area is 156 Å². The molecular formula is C19H22INO3. The second-order valence-corrected chi connectivity index (χ2v) is 6.63. The molecule has 0 aliphatic rings. The summed E-state index contributed by atoms with van der Waals surface area (Å²) in [5.41, 5.74) is 1.63. The Hall–Kier alpha value is -1.76. The first-order valence-electron chi connectivity index (χ1n) is 7.97. The number of nitrogens with one attached hydrogen (secondary N) is 1. The summed E-state index contributed by atoms with van der Waals surface area (Å²) in [6, 6.07) is 13.2. The van der Waals surface area contributed by atoms with Gasteiger partial charge in [-0.2, -0.15) is 0 Å². The standard InChI is InChI=1S/C19H22INO3/c1-3-4-10-24-17-9-8-14(11-18(17)23-2)13-21-19(22)15-6-5-7-16(20)12-15/h5-9,11-12H,3-4,10,13H2,1-2H3,(H,21,22). The van der Waals surface area contributed by atoms with Gasteiger partial charge < -0.3 is 14.8 Å². The minimum absolute atomic E-state index is 0.0873. The normalized spacial score (nSPS) is 10.3. The fourth-order valence-corrected chi connectivity index (χ4v) is 2.72. The molecule has 128 valence electrons. The van der Waals surface area contributed by atoms with Gasteiger partial charge >= 0.3 is 0 Å². The first-order chi connectivity index (χ1) is 11.6. The number of hydrogen-bond acceptors (Lipinski definition) is 3. The van der Waals surface area contributed by atoms with Gasteiger partial charge in [0.2, 0.25) is 0 Å². The number of halogens is 1. The molecule has 0 radical (unpaired) electrons. The number of rotatable bonds is 8. The lowest BCUT2D eigenvalue weighted by Gasteiger charge is -2.12. The summed E-state index contributed by atoms with van der Waals surface area (Å²) in [5.74, 6) is 1.33. The summed E-state index contributed by atoms with van der Waals surface area (Å²) in [7, 11) is 1.62.